The molecule has 0 spiro atoms. The summed E-state index contributed by atoms with van der Waals surface area (Å²) < 4.78 is 34.7. The maximum absolute atomic E-state index is 12.9. The number of carbonyl (C=O) groups is 2. The van der Waals surface area contributed by atoms with Gasteiger partial charge in [-0.3, -0.25) is 18.6 Å². The SMILES string of the molecule is CC/C=C\C/C=C\C/C=C\C/C=C\C/C=C\C/C=C\CCCCCCCCCCCCC(=O)OC(COC(=O)CCCCCCCCCCCCCCCCCCCCC/C=C\C/C=C\CCCCCCC)COP(=O)(O)OCC[N+](C)(C)C. The van der Waals surface area contributed by atoms with Crippen molar-refractivity contribution >= 4 is 19.8 Å². The number of allylic oxidation sites excluding steroid dienone is 16. The highest BCUT2D eigenvalue weighted by Gasteiger charge is 2.27. The van der Waals surface area contributed by atoms with Gasteiger partial charge in [-0.05, 0) is 96.3 Å². The zero-order chi connectivity index (χ0) is 61.2. The Bertz CT molecular complexity index is 1740. The second-order valence-electron chi connectivity index (χ2n) is 24.5. The van der Waals surface area contributed by atoms with Crippen LogP contribution in [0.2, 0.25) is 0 Å². The monoisotopic (exact) mass is 1190 g/mol. The lowest BCUT2D eigenvalue weighted by atomic mass is 10.0. The third-order valence-corrected chi connectivity index (χ3v) is 16.1. The number of phosphoric acid groups is 1. The largest absolute Gasteiger partial charge is 0.472 e. The average molecular weight is 1200 g/mol. The summed E-state index contributed by atoms with van der Waals surface area (Å²) in [6.07, 6.45) is 89.3. The number of esters is 2. The molecular formula is C74H133NO8P+. The summed E-state index contributed by atoms with van der Waals surface area (Å²) in [7, 11) is 1.47. The Labute approximate surface area is 519 Å². The molecule has 0 fully saturated rings. The van der Waals surface area contributed by atoms with Crippen LogP contribution in [0.4, 0.5) is 0 Å². The molecule has 0 aromatic heterocycles. The van der Waals surface area contributed by atoms with Crippen LogP contribution in [0, 0.1) is 0 Å². The van der Waals surface area contributed by atoms with Crippen LogP contribution < -0.4 is 0 Å². The van der Waals surface area contributed by atoms with Crippen molar-refractivity contribution in [2.45, 2.75) is 315 Å². The van der Waals surface area contributed by atoms with Crippen molar-refractivity contribution in [3.05, 3.63) is 97.2 Å². The molecular weight excluding hydrogens is 1060 g/mol. The fourth-order valence-electron chi connectivity index (χ4n) is 9.76. The predicted molar refractivity (Wildman–Crippen MR) is 362 cm³/mol. The van der Waals surface area contributed by atoms with E-state index in [4.69, 9.17) is 18.5 Å². The number of carbonyl (C=O) groups excluding carboxylic acids is 2. The highest BCUT2D eigenvalue weighted by Crippen LogP contribution is 2.43. The zero-order valence-corrected chi connectivity index (χ0v) is 56.3. The van der Waals surface area contributed by atoms with Gasteiger partial charge in [0.1, 0.15) is 19.8 Å². The summed E-state index contributed by atoms with van der Waals surface area (Å²) in [5.41, 5.74) is 0. The Balaban J connectivity index is 4.06. The van der Waals surface area contributed by atoms with Gasteiger partial charge in [-0.1, -0.05) is 297 Å². The molecule has 2 unspecified atom stereocenters. The van der Waals surface area contributed by atoms with E-state index in [1.807, 2.05) is 21.1 Å². The number of rotatable bonds is 64. The quantitative estimate of drug-likeness (QED) is 0.0211. The van der Waals surface area contributed by atoms with Crippen molar-refractivity contribution in [1.29, 1.82) is 0 Å². The van der Waals surface area contributed by atoms with Crippen LogP contribution in [0.5, 0.6) is 0 Å². The van der Waals surface area contributed by atoms with Gasteiger partial charge >= 0.3 is 19.8 Å². The van der Waals surface area contributed by atoms with E-state index in [-0.39, 0.29) is 32.0 Å². The van der Waals surface area contributed by atoms with Gasteiger partial charge in [0.25, 0.3) is 0 Å². The van der Waals surface area contributed by atoms with Gasteiger partial charge in [-0.15, -0.1) is 0 Å². The van der Waals surface area contributed by atoms with Gasteiger partial charge in [0.05, 0.1) is 27.7 Å². The van der Waals surface area contributed by atoms with Gasteiger partial charge in [0.15, 0.2) is 6.10 Å². The second kappa shape index (κ2) is 64.4. The lowest BCUT2D eigenvalue weighted by molar-refractivity contribution is -0.870. The molecule has 0 heterocycles. The minimum atomic E-state index is -4.40. The molecule has 0 rings (SSSR count). The molecule has 1 N–H and O–H groups in total. The number of hydrogen-bond acceptors (Lipinski definition) is 7. The summed E-state index contributed by atoms with van der Waals surface area (Å²) in [5.74, 6) is -0.795. The lowest BCUT2D eigenvalue weighted by Crippen LogP contribution is -2.37. The number of hydrogen-bond donors (Lipinski definition) is 1. The van der Waals surface area contributed by atoms with Crippen LogP contribution in [0.1, 0.15) is 309 Å². The van der Waals surface area contributed by atoms with Crippen molar-refractivity contribution in [2.24, 2.45) is 0 Å². The Morgan fingerprint density at radius 2 is 0.679 bits per heavy atom. The Morgan fingerprint density at radius 3 is 1.01 bits per heavy atom. The topological polar surface area (TPSA) is 108 Å². The normalized spacial score (nSPS) is 13.7. The van der Waals surface area contributed by atoms with Crippen molar-refractivity contribution in [3.8, 4) is 0 Å². The van der Waals surface area contributed by atoms with Crippen LogP contribution in [0.15, 0.2) is 97.2 Å². The molecule has 9 nitrogen and oxygen atoms in total. The van der Waals surface area contributed by atoms with Crippen LogP contribution in [-0.4, -0.2) is 74.9 Å². The molecule has 0 bridgehead atoms. The standard InChI is InChI=1S/C74H132NO8P/c1-6-8-10-12-14-16-18-20-22-24-26-28-30-32-34-36-37-39-40-42-44-46-48-50-52-54-56-58-60-62-64-66-73(76)80-70-72(71-82-84(78,79)81-69-68-75(3,4)5)83-74(77)67-65-63-61-59-57-55-53-51-49-47-45-43-41-38-35-33-31-29-27-25-23-21-19-17-15-13-11-9-7-2/h9,11,15,17-18,20-21,23-24,26-27,29,33,35,41,43,72H,6-8,10,12-14,16,19,22,25,28,30-32,34,36-40,42,44-71H2,1-5H3/p+1/b11-9-,17-15-,20-18-,23-21-,26-24-,29-27-,35-33-,43-41-. The van der Waals surface area contributed by atoms with Gasteiger partial charge in [-0.25, -0.2) is 4.57 Å². The number of phosphoric ester groups is 1. The zero-order valence-electron chi connectivity index (χ0n) is 55.4. The molecule has 10 heteroatoms. The molecule has 84 heavy (non-hydrogen) atoms. The number of unbranched alkanes of at least 4 members (excludes halogenated alkanes) is 34. The smallest absolute Gasteiger partial charge is 0.462 e. The summed E-state index contributed by atoms with van der Waals surface area (Å²) in [6.45, 7) is 4.33. The first kappa shape index (κ1) is 80.9. The number of ether oxygens (including phenoxy) is 2. The van der Waals surface area contributed by atoms with Crippen molar-refractivity contribution in [2.75, 3.05) is 47.5 Å². The van der Waals surface area contributed by atoms with Crippen molar-refractivity contribution in [1.82, 2.24) is 0 Å². The number of quaternary nitrogens is 1. The van der Waals surface area contributed by atoms with Gasteiger partial charge in [-0.2, -0.15) is 0 Å². The summed E-state index contributed by atoms with van der Waals surface area (Å²) in [4.78, 5) is 35.9. The average Bonchev–Trinajstić information content (AvgIpc) is 3.61. The van der Waals surface area contributed by atoms with Gasteiger partial charge < -0.3 is 18.9 Å². The second-order valence-corrected chi connectivity index (χ2v) is 26.0. The van der Waals surface area contributed by atoms with E-state index in [9.17, 15) is 19.0 Å². The molecule has 0 aliphatic heterocycles. The van der Waals surface area contributed by atoms with E-state index in [2.05, 4.69) is 111 Å². The number of likely N-dealkylation sites (N-methyl/N-ethyl adjacent to an activating group) is 1. The molecule has 0 aliphatic carbocycles. The van der Waals surface area contributed by atoms with Crippen LogP contribution >= 0.6 is 7.82 Å². The molecule has 0 aromatic carbocycles. The molecule has 0 aliphatic rings. The van der Waals surface area contributed by atoms with E-state index < -0.39 is 26.5 Å². The molecule has 0 saturated carbocycles. The highest BCUT2D eigenvalue weighted by atomic mass is 31.2. The van der Waals surface area contributed by atoms with Gasteiger partial charge in [0.2, 0.25) is 0 Å². The van der Waals surface area contributed by atoms with E-state index >= 15 is 0 Å². The Hall–Kier alpha value is -3.07. The maximum Gasteiger partial charge on any atom is 0.472 e. The maximum atomic E-state index is 12.9. The summed E-state index contributed by atoms with van der Waals surface area (Å²) >= 11 is 0. The summed E-state index contributed by atoms with van der Waals surface area (Å²) in [6, 6.07) is 0. The fraction of sp³-hybridized carbons (Fsp3) is 0.757. The highest BCUT2D eigenvalue weighted by molar-refractivity contribution is 7.47. The van der Waals surface area contributed by atoms with Crippen LogP contribution in [-0.2, 0) is 32.7 Å². The first-order chi connectivity index (χ1) is 41.0. The van der Waals surface area contributed by atoms with Gasteiger partial charge in [0, 0.05) is 12.8 Å². The van der Waals surface area contributed by atoms with E-state index in [1.165, 1.54) is 186 Å². The third kappa shape index (κ3) is 68.0. The third-order valence-electron chi connectivity index (χ3n) is 15.1. The minimum absolute atomic E-state index is 0.0281. The molecule has 0 saturated heterocycles. The Morgan fingerprint density at radius 1 is 0.381 bits per heavy atom. The lowest BCUT2D eigenvalue weighted by Gasteiger charge is -2.24. The molecule has 0 aromatic rings. The summed E-state index contributed by atoms with van der Waals surface area (Å²) in [5, 5.41) is 0. The molecule has 0 amide bonds. The molecule has 2 atom stereocenters. The first-order valence-electron chi connectivity index (χ1n) is 35.0. The number of nitrogens with zero attached hydrogens (tertiary/aromatic N) is 1. The van der Waals surface area contributed by atoms with E-state index in [1.54, 1.807) is 0 Å². The van der Waals surface area contributed by atoms with E-state index in [0.717, 1.165) is 89.9 Å². The van der Waals surface area contributed by atoms with Crippen molar-refractivity contribution < 1.29 is 42.1 Å². The molecule has 0 radical (unpaired) electrons. The first-order valence-corrected chi connectivity index (χ1v) is 36.5. The molecule has 486 valence electrons. The Kier molecular flexibility index (Phi) is 62.1. The minimum Gasteiger partial charge on any atom is -0.462 e. The fourth-order valence-corrected chi connectivity index (χ4v) is 10.5. The van der Waals surface area contributed by atoms with E-state index in [0.29, 0.717) is 17.4 Å². The van der Waals surface area contributed by atoms with Crippen LogP contribution in [0.25, 0.3) is 0 Å². The predicted octanol–water partition coefficient (Wildman–Crippen LogP) is 22.7. The van der Waals surface area contributed by atoms with Crippen molar-refractivity contribution in [3.63, 3.8) is 0 Å². The van der Waals surface area contributed by atoms with Crippen LogP contribution in [0.3, 0.4) is 0 Å².